The zero-order chi connectivity index (χ0) is 15.7. The van der Waals surface area contributed by atoms with Gasteiger partial charge in [0.2, 0.25) is 5.91 Å². The number of fused-ring (bicyclic) bond motifs is 1. The van der Waals surface area contributed by atoms with Gasteiger partial charge < -0.3 is 5.32 Å². The molecule has 0 spiro atoms. The molecule has 114 valence electrons. The lowest BCUT2D eigenvalue weighted by Crippen LogP contribution is -2.34. The number of rotatable bonds is 2. The van der Waals surface area contributed by atoms with Crippen LogP contribution in [0.5, 0.6) is 0 Å². The van der Waals surface area contributed by atoms with Crippen molar-refractivity contribution in [1.29, 1.82) is 0 Å². The Morgan fingerprint density at radius 3 is 2.45 bits per heavy atom. The van der Waals surface area contributed by atoms with Gasteiger partial charge in [0.15, 0.2) is 9.84 Å². The molecule has 0 aromatic heterocycles. The minimum Gasteiger partial charge on any atom is -0.325 e. The first kappa shape index (κ1) is 15.2. The highest BCUT2D eigenvalue weighted by molar-refractivity contribution is 9.10. The summed E-state index contributed by atoms with van der Waals surface area (Å²) < 4.78 is 26.3. The smallest absolute Gasteiger partial charge is 0.243 e. The highest BCUT2D eigenvalue weighted by Gasteiger charge is 2.35. The zero-order valence-electron chi connectivity index (χ0n) is 11.6. The Hall–Kier alpha value is -1.66. The Bertz CT molecular complexity index is 816. The lowest BCUT2D eigenvalue weighted by Gasteiger charge is -2.14. The molecule has 3 rings (SSSR count). The molecule has 0 radical (unpaired) electrons. The molecule has 2 aromatic rings. The molecule has 0 aliphatic carbocycles. The predicted molar refractivity (Wildman–Crippen MR) is 88.5 cm³/mol. The second-order valence-electron chi connectivity index (χ2n) is 5.17. The second-order valence-corrected chi connectivity index (χ2v) is 8.22. The maximum absolute atomic E-state index is 12.7. The minimum absolute atomic E-state index is 0.168. The van der Waals surface area contributed by atoms with E-state index in [2.05, 4.69) is 21.2 Å². The molecule has 0 saturated carbocycles. The Balaban J connectivity index is 1.95. The highest BCUT2D eigenvalue weighted by atomic mass is 79.9. The standard InChI is InChI=1S/C16H14BrNO3S/c17-12-6-8-13(9-7-12)22(20,21)15-10-5-11-3-1-2-4-14(11)18-16(15)19/h1-4,6-9,15H,5,10H2,(H,18,19). The van der Waals surface area contributed by atoms with Crippen LogP contribution in [0.2, 0.25) is 0 Å². The quantitative estimate of drug-likeness (QED) is 0.871. The summed E-state index contributed by atoms with van der Waals surface area (Å²) in [5.74, 6) is -0.465. The number of aryl methyl sites for hydroxylation is 1. The van der Waals surface area contributed by atoms with Crippen molar-refractivity contribution in [2.45, 2.75) is 23.0 Å². The number of hydrogen-bond donors (Lipinski definition) is 1. The summed E-state index contributed by atoms with van der Waals surface area (Å²) >= 11 is 3.28. The van der Waals surface area contributed by atoms with Gasteiger partial charge in [-0.25, -0.2) is 8.42 Å². The number of nitrogens with one attached hydrogen (secondary N) is 1. The SMILES string of the molecule is O=C1Nc2ccccc2CCC1S(=O)(=O)c1ccc(Br)cc1. The zero-order valence-corrected chi connectivity index (χ0v) is 14.0. The van der Waals surface area contributed by atoms with Gasteiger partial charge in [0, 0.05) is 10.2 Å². The Morgan fingerprint density at radius 2 is 1.73 bits per heavy atom. The summed E-state index contributed by atoms with van der Waals surface area (Å²) in [7, 11) is -3.70. The second kappa shape index (κ2) is 5.85. The number of para-hydroxylation sites is 1. The third-order valence-corrected chi connectivity index (χ3v) is 6.42. The van der Waals surface area contributed by atoms with Gasteiger partial charge in [-0.3, -0.25) is 4.79 Å². The van der Waals surface area contributed by atoms with Gasteiger partial charge in [-0.2, -0.15) is 0 Å². The maximum atomic E-state index is 12.7. The van der Waals surface area contributed by atoms with Crippen LogP contribution in [0.15, 0.2) is 57.9 Å². The molecule has 1 N–H and O–H groups in total. The van der Waals surface area contributed by atoms with E-state index >= 15 is 0 Å². The number of carbonyl (C=O) groups is 1. The Morgan fingerprint density at radius 1 is 1.05 bits per heavy atom. The summed E-state index contributed by atoms with van der Waals surface area (Å²) in [5, 5.41) is 1.66. The maximum Gasteiger partial charge on any atom is 0.243 e. The molecule has 1 aliphatic rings. The number of amides is 1. The number of benzene rings is 2. The summed E-state index contributed by atoms with van der Waals surface area (Å²) in [6, 6.07) is 13.8. The third kappa shape index (κ3) is 2.80. The summed E-state index contributed by atoms with van der Waals surface area (Å²) in [5.41, 5.74) is 1.66. The molecule has 6 heteroatoms. The normalized spacial score (nSPS) is 18.2. The summed E-state index contributed by atoms with van der Waals surface area (Å²) in [4.78, 5) is 12.5. The van der Waals surface area contributed by atoms with E-state index in [1.165, 1.54) is 12.1 Å². The fraction of sp³-hybridized carbons (Fsp3) is 0.188. The average molecular weight is 380 g/mol. The average Bonchev–Trinajstić information content (AvgIpc) is 2.66. The van der Waals surface area contributed by atoms with Crippen LogP contribution in [0.4, 0.5) is 5.69 Å². The molecule has 1 unspecified atom stereocenters. The molecule has 4 nitrogen and oxygen atoms in total. The number of sulfone groups is 1. The first-order chi connectivity index (χ1) is 10.5. The first-order valence-corrected chi connectivity index (χ1v) is 9.20. The lowest BCUT2D eigenvalue weighted by molar-refractivity contribution is -0.115. The van der Waals surface area contributed by atoms with Crippen LogP contribution in [0.25, 0.3) is 0 Å². The van der Waals surface area contributed by atoms with E-state index in [-0.39, 0.29) is 11.3 Å². The monoisotopic (exact) mass is 379 g/mol. The van der Waals surface area contributed by atoms with Crippen LogP contribution < -0.4 is 5.32 Å². The fourth-order valence-electron chi connectivity index (χ4n) is 2.58. The molecule has 0 fully saturated rings. The van der Waals surface area contributed by atoms with E-state index in [0.29, 0.717) is 12.1 Å². The highest BCUT2D eigenvalue weighted by Crippen LogP contribution is 2.28. The van der Waals surface area contributed by atoms with Crippen molar-refractivity contribution >= 4 is 37.4 Å². The number of halogens is 1. The fourth-order valence-corrected chi connectivity index (χ4v) is 4.45. The van der Waals surface area contributed by atoms with Gasteiger partial charge in [0.05, 0.1) is 4.90 Å². The molecule has 0 saturated heterocycles. The molecule has 1 aliphatic heterocycles. The molecule has 2 aromatic carbocycles. The van der Waals surface area contributed by atoms with Crippen molar-refractivity contribution in [3.8, 4) is 0 Å². The van der Waals surface area contributed by atoms with Gasteiger partial charge in [-0.05, 0) is 48.7 Å². The van der Waals surface area contributed by atoms with Crippen molar-refractivity contribution in [3.63, 3.8) is 0 Å². The Kier molecular flexibility index (Phi) is 4.06. The van der Waals surface area contributed by atoms with E-state index < -0.39 is 21.0 Å². The van der Waals surface area contributed by atoms with Crippen molar-refractivity contribution in [2.75, 3.05) is 5.32 Å². The van der Waals surface area contributed by atoms with Crippen LogP contribution in [0.3, 0.4) is 0 Å². The molecule has 22 heavy (non-hydrogen) atoms. The van der Waals surface area contributed by atoms with Gasteiger partial charge in [0.25, 0.3) is 0 Å². The van der Waals surface area contributed by atoms with Crippen LogP contribution >= 0.6 is 15.9 Å². The van der Waals surface area contributed by atoms with Gasteiger partial charge in [-0.1, -0.05) is 34.1 Å². The van der Waals surface area contributed by atoms with Crippen LogP contribution in [-0.4, -0.2) is 19.6 Å². The third-order valence-electron chi connectivity index (χ3n) is 3.76. The van der Waals surface area contributed by atoms with Crippen LogP contribution in [0, 0.1) is 0 Å². The number of hydrogen-bond acceptors (Lipinski definition) is 3. The van der Waals surface area contributed by atoms with Crippen LogP contribution in [0.1, 0.15) is 12.0 Å². The molecule has 1 heterocycles. The van der Waals surface area contributed by atoms with E-state index in [1.54, 1.807) is 18.2 Å². The Labute approximate surface area is 137 Å². The topological polar surface area (TPSA) is 63.2 Å². The van der Waals surface area contributed by atoms with Gasteiger partial charge >= 0.3 is 0 Å². The molecular weight excluding hydrogens is 366 g/mol. The van der Waals surface area contributed by atoms with E-state index in [9.17, 15) is 13.2 Å². The van der Waals surface area contributed by atoms with E-state index in [0.717, 1.165) is 10.0 Å². The van der Waals surface area contributed by atoms with Crippen molar-refractivity contribution in [1.82, 2.24) is 0 Å². The molecule has 1 atom stereocenters. The number of carbonyl (C=O) groups excluding carboxylic acids is 1. The summed E-state index contributed by atoms with van der Waals surface area (Å²) in [6.45, 7) is 0. The predicted octanol–water partition coefficient (Wildman–Crippen LogP) is 3.18. The van der Waals surface area contributed by atoms with Crippen molar-refractivity contribution in [3.05, 3.63) is 58.6 Å². The summed E-state index contributed by atoms with van der Waals surface area (Å²) in [6.07, 6.45) is 0.830. The minimum atomic E-state index is -3.70. The van der Waals surface area contributed by atoms with E-state index in [1.807, 2.05) is 18.2 Å². The van der Waals surface area contributed by atoms with Crippen molar-refractivity contribution < 1.29 is 13.2 Å². The molecular formula is C16H14BrNO3S. The van der Waals surface area contributed by atoms with Crippen LogP contribution in [-0.2, 0) is 21.1 Å². The van der Waals surface area contributed by atoms with Crippen molar-refractivity contribution in [2.24, 2.45) is 0 Å². The first-order valence-electron chi connectivity index (χ1n) is 6.87. The largest absolute Gasteiger partial charge is 0.325 e. The molecule has 1 amide bonds. The van der Waals surface area contributed by atoms with Gasteiger partial charge in [0.1, 0.15) is 5.25 Å². The number of anilines is 1. The van der Waals surface area contributed by atoms with E-state index in [4.69, 9.17) is 0 Å². The lowest BCUT2D eigenvalue weighted by atomic mass is 10.1. The van der Waals surface area contributed by atoms with Gasteiger partial charge in [-0.15, -0.1) is 0 Å². The molecule has 0 bridgehead atoms.